The van der Waals surface area contributed by atoms with Crippen LogP contribution in [0.1, 0.15) is 22.2 Å². The van der Waals surface area contributed by atoms with Crippen molar-refractivity contribution in [3.63, 3.8) is 0 Å². The minimum atomic E-state index is -0.459. The molecule has 0 bridgehead atoms. The zero-order valence-corrected chi connectivity index (χ0v) is 11.6. The standard InChI is InChI=1S/C14H17N3OS/c1-2-17(9-11-4-3-7-19-11)13-6-5-10(14(16)18)8-12(13)15/h3-8H,2,9,15H2,1H3,(H2,16,18). The van der Waals surface area contributed by atoms with Crippen LogP contribution in [0.5, 0.6) is 0 Å². The molecule has 5 heteroatoms. The van der Waals surface area contributed by atoms with Crippen molar-refractivity contribution < 1.29 is 4.79 Å². The van der Waals surface area contributed by atoms with Crippen molar-refractivity contribution in [2.75, 3.05) is 17.2 Å². The fraction of sp³-hybridized carbons (Fsp3) is 0.214. The van der Waals surface area contributed by atoms with Crippen LogP contribution in [-0.2, 0) is 6.54 Å². The third kappa shape index (κ3) is 3.06. The first-order chi connectivity index (χ1) is 9.11. The third-order valence-corrected chi connectivity index (χ3v) is 3.82. The summed E-state index contributed by atoms with van der Waals surface area (Å²) in [6, 6.07) is 9.33. The molecule has 0 fully saturated rings. The number of primary amides is 1. The quantitative estimate of drug-likeness (QED) is 0.823. The Morgan fingerprint density at radius 2 is 2.16 bits per heavy atom. The van der Waals surface area contributed by atoms with Gasteiger partial charge in [-0.25, -0.2) is 0 Å². The summed E-state index contributed by atoms with van der Waals surface area (Å²) in [6.07, 6.45) is 0. The molecular formula is C14H17N3OS. The van der Waals surface area contributed by atoms with Crippen molar-refractivity contribution in [3.05, 3.63) is 46.2 Å². The van der Waals surface area contributed by atoms with Crippen LogP contribution < -0.4 is 16.4 Å². The summed E-state index contributed by atoms with van der Waals surface area (Å²) in [5, 5.41) is 2.06. The van der Waals surface area contributed by atoms with Crippen LogP contribution in [0.3, 0.4) is 0 Å². The molecule has 1 heterocycles. The van der Waals surface area contributed by atoms with Gasteiger partial charge in [-0.1, -0.05) is 6.07 Å². The van der Waals surface area contributed by atoms with Crippen LogP contribution in [0.15, 0.2) is 35.7 Å². The van der Waals surface area contributed by atoms with E-state index in [1.54, 1.807) is 23.5 Å². The summed E-state index contributed by atoms with van der Waals surface area (Å²) >= 11 is 1.72. The summed E-state index contributed by atoms with van der Waals surface area (Å²) < 4.78 is 0. The van der Waals surface area contributed by atoms with Crippen molar-refractivity contribution in [1.82, 2.24) is 0 Å². The topological polar surface area (TPSA) is 72.3 Å². The van der Waals surface area contributed by atoms with E-state index >= 15 is 0 Å². The van der Waals surface area contributed by atoms with Gasteiger partial charge >= 0.3 is 0 Å². The lowest BCUT2D eigenvalue weighted by molar-refractivity contribution is 0.100. The normalized spacial score (nSPS) is 10.4. The molecule has 0 saturated heterocycles. The molecule has 0 spiro atoms. The van der Waals surface area contributed by atoms with Gasteiger partial charge in [0, 0.05) is 17.0 Å². The van der Waals surface area contributed by atoms with Gasteiger partial charge in [-0.3, -0.25) is 4.79 Å². The third-order valence-electron chi connectivity index (χ3n) is 2.96. The second kappa shape index (κ2) is 5.75. The molecule has 2 rings (SSSR count). The molecule has 0 aliphatic rings. The monoisotopic (exact) mass is 275 g/mol. The highest BCUT2D eigenvalue weighted by molar-refractivity contribution is 7.09. The number of benzene rings is 1. The number of nitrogens with zero attached hydrogens (tertiary/aromatic N) is 1. The molecule has 100 valence electrons. The molecule has 1 aromatic carbocycles. The Kier molecular flexibility index (Phi) is 4.06. The van der Waals surface area contributed by atoms with Gasteiger partial charge in [0.2, 0.25) is 5.91 Å². The molecule has 0 aliphatic carbocycles. The predicted octanol–water partition coefficient (Wildman–Crippen LogP) is 2.46. The maximum atomic E-state index is 11.1. The largest absolute Gasteiger partial charge is 0.397 e. The summed E-state index contributed by atoms with van der Waals surface area (Å²) in [6.45, 7) is 3.74. The molecule has 0 unspecified atom stereocenters. The summed E-state index contributed by atoms with van der Waals surface area (Å²) in [5.74, 6) is -0.459. The zero-order valence-electron chi connectivity index (χ0n) is 10.8. The maximum absolute atomic E-state index is 11.1. The number of carbonyl (C=O) groups is 1. The second-order valence-corrected chi connectivity index (χ2v) is 5.26. The number of nitrogen functional groups attached to an aromatic ring is 1. The van der Waals surface area contributed by atoms with Gasteiger partial charge in [0.15, 0.2) is 0 Å². The Bertz CT molecular complexity index is 566. The van der Waals surface area contributed by atoms with Crippen molar-refractivity contribution >= 4 is 28.6 Å². The van der Waals surface area contributed by atoms with E-state index in [2.05, 4.69) is 23.3 Å². The van der Waals surface area contributed by atoms with E-state index < -0.39 is 5.91 Å². The highest BCUT2D eigenvalue weighted by atomic mass is 32.1. The van der Waals surface area contributed by atoms with Crippen molar-refractivity contribution in [2.45, 2.75) is 13.5 Å². The predicted molar refractivity (Wildman–Crippen MR) is 80.4 cm³/mol. The van der Waals surface area contributed by atoms with Crippen LogP contribution in [0.2, 0.25) is 0 Å². The Morgan fingerprint density at radius 1 is 1.37 bits per heavy atom. The molecule has 0 atom stereocenters. The molecule has 0 aliphatic heterocycles. The van der Waals surface area contributed by atoms with E-state index in [9.17, 15) is 4.79 Å². The van der Waals surface area contributed by atoms with Crippen LogP contribution in [0.4, 0.5) is 11.4 Å². The molecular weight excluding hydrogens is 258 g/mol. The Balaban J connectivity index is 2.25. The van der Waals surface area contributed by atoms with Gasteiger partial charge in [0.25, 0.3) is 0 Å². The van der Waals surface area contributed by atoms with E-state index in [0.29, 0.717) is 11.3 Å². The van der Waals surface area contributed by atoms with E-state index in [1.807, 2.05) is 12.1 Å². The van der Waals surface area contributed by atoms with E-state index in [0.717, 1.165) is 18.8 Å². The van der Waals surface area contributed by atoms with Crippen LogP contribution >= 0.6 is 11.3 Å². The molecule has 4 N–H and O–H groups in total. The molecule has 2 aromatic rings. The highest BCUT2D eigenvalue weighted by Gasteiger charge is 2.11. The number of nitrogens with two attached hydrogens (primary N) is 2. The second-order valence-electron chi connectivity index (χ2n) is 4.23. The first-order valence-corrected chi connectivity index (χ1v) is 6.96. The molecule has 0 radical (unpaired) electrons. The fourth-order valence-electron chi connectivity index (χ4n) is 1.95. The Morgan fingerprint density at radius 3 is 2.68 bits per heavy atom. The number of amides is 1. The molecule has 1 amide bonds. The highest BCUT2D eigenvalue weighted by Crippen LogP contribution is 2.26. The summed E-state index contributed by atoms with van der Waals surface area (Å²) in [7, 11) is 0. The van der Waals surface area contributed by atoms with Gasteiger partial charge in [-0.2, -0.15) is 0 Å². The Labute approximate surface area is 116 Å². The van der Waals surface area contributed by atoms with Gasteiger partial charge in [0.05, 0.1) is 17.9 Å². The molecule has 0 saturated carbocycles. The van der Waals surface area contributed by atoms with Crippen LogP contribution in [0.25, 0.3) is 0 Å². The maximum Gasteiger partial charge on any atom is 0.248 e. The van der Waals surface area contributed by atoms with Crippen molar-refractivity contribution in [3.8, 4) is 0 Å². The van der Waals surface area contributed by atoms with Gasteiger partial charge in [-0.15, -0.1) is 11.3 Å². The average molecular weight is 275 g/mol. The minimum Gasteiger partial charge on any atom is -0.397 e. The number of carbonyl (C=O) groups excluding carboxylic acids is 1. The lowest BCUT2D eigenvalue weighted by Crippen LogP contribution is -2.23. The first kappa shape index (κ1) is 13.4. The van der Waals surface area contributed by atoms with Crippen molar-refractivity contribution in [1.29, 1.82) is 0 Å². The van der Waals surface area contributed by atoms with Crippen molar-refractivity contribution in [2.24, 2.45) is 5.73 Å². The number of anilines is 2. The lowest BCUT2D eigenvalue weighted by atomic mass is 10.1. The van der Waals surface area contributed by atoms with E-state index in [4.69, 9.17) is 11.5 Å². The number of hydrogen-bond acceptors (Lipinski definition) is 4. The smallest absolute Gasteiger partial charge is 0.248 e. The average Bonchev–Trinajstić information content (AvgIpc) is 2.89. The number of hydrogen-bond donors (Lipinski definition) is 2. The summed E-state index contributed by atoms with van der Waals surface area (Å²) in [5.41, 5.74) is 13.2. The first-order valence-electron chi connectivity index (χ1n) is 6.08. The molecule has 1 aromatic heterocycles. The van der Waals surface area contributed by atoms with E-state index in [-0.39, 0.29) is 0 Å². The van der Waals surface area contributed by atoms with Crippen LogP contribution in [-0.4, -0.2) is 12.5 Å². The van der Waals surface area contributed by atoms with E-state index in [1.165, 1.54) is 4.88 Å². The van der Waals surface area contributed by atoms with Gasteiger partial charge < -0.3 is 16.4 Å². The number of rotatable bonds is 5. The fourth-order valence-corrected chi connectivity index (χ4v) is 2.67. The molecule has 4 nitrogen and oxygen atoms in total. The van der Waals surface area contributed by atoms with Gasteiger partial charge in [-0.05, 0) is 36.6 Å². The van der Waals surface area contributed by atoms with Crippen LogP contribution in [0, 0.1) is 0 Å². The van der Waals surface area contributed by atoms with Gasteiger partial charge in [0.1, 0.15) is 0 Å². The SMILES string of the molecule is CCN(Cc1cccs1)c1ccc(C(N)=O)cc1N. The summed E-state index contributed by atoms with van der Waals surface area (Å²) in [4.78, 5) is 14.6. The minimum absolute atomic E-state index is 0.438. The molecule has 19 heavy (non-hydrogen) atoms. The Hall–Kier alpha value is -2.01. The number of thiophene rings is 1. The zero-order chi connectivity index (χ0) is 13.8. The lowest BCUT2D eigenvalue weighted by Gasteiger charge is -2.24.